The van der Waals surface area contributed by atoms with Crippen LogP contribution in [0.1, 0.15) is 55.6 Å². The Morgan fingerprint density at radius 3 is 2.68 bits per heavy atom. The van der Waals surface area contributed by atoms with Crippen LogP contribution >= 0.6 is 0 Å². The average molecular weight is 467 g/mol. The predicted octanol–water partition coefficient (Wildman–Crippen LogP) is 4.03. The number of piperidine rings is 2. The first-order chi connectivity index (χ1) is 16.6. The normalized spacial score (nSPS) is 22.6. The van der Waals surface area contributed by atoms with E-state index >= 15 is 0 Å². The lowest BCUT2D eigenvalue weighted by atomic mass is 9.83. The molecule has 34 heavy (non-hydrogen) atoms. The van der Waals surface area contributed by atoms with Crippen molar-refractivity contribution in [2.75, 3.05) is 33.5 Å². The number of fused-ring (bicyclic) bond motifs is 2. The van der Waals surface area contributed by atoms with Gasteiger partial charge in [0.05, 0.1) is 7.11 Å². The van der Waals surface area contributed by atoms with Crippen molar-refractivity contribution in [2.45, 2.75) is 50.5 Å². The lowest BCUT2D eigenvalue weighted by molar-refractivity contribution is -0.121. The molecule has 0 radical (unpaired) electrons. The van der Waals surface area contributed by atoms with Gasteiger partial charge < -0.3 is 29.5 Å². The molecule has 3 aliphatic rings. The van der Waals surface area contributed by atoms with E-state index in [-0.39, 0.29) is 30.8 Å². The largest absolute Gasteiger partial charge is 0.508 e. The number of amides is 1. The van der Waals surface area contributed by atoms with Gasteiger partial charge in [0.25, 0.3) is 0 Å². The molecule has 182 valence electrons. The number of hydrogen-bond acceptors (Lipinski definition) is 6. The van der Waals surface area contributed by atoms with Gasteiger partial charge in [0, 0.05) is 36.6 Å². The minimum Gasteiger partial charge on any atom is -0.508 e. The van der Waals surface area contributed by atoms with Crippen LogP contribution in [0.2, 0.25) is 0 Å². The Hall–Kier alpha value is -2.93. The van der Waals surface area contributed by atoms with Crippen LogP contribution in [-0.4, -0.2) is 55.5 Å². The molecule has 7 heteroatoms. The standard InChI is InChI=1S/C27H34N2O5/c1-32-20-9-7-18(8-10-20)21(22-13-25-26(15-24(22)30)34-17-33-25)14-27(31)28-16-19-5-4-12-29-11-3-2-6-23(19)29/h7-10,13,15,19,21,23,30H,2-6,11-12,14,16-17H2,1H3,(H,28,31)/t19-,21?,23+/m0/s1. The average Bonchev–Trinajstić information content (AvgIpc) is 3.33. The molecule has 5 rings (SSSR count). The Labute approximate surface area is 201 Å². The number of benzene rings is 2. The topological polar surface area (TPSA) is 80.3 Å². The SMILES string of the molecule is COc1ccc(C(CC(=O)NC[C@@H]2CCCN3CCCC[C@H]23)c2cc3c(cc2O)OCO3)cc1. The third-order valence-electron chi connectivity index (χ3n) is 7.60. The van der Waals surface area contributed by atoms with Crippen LogP contribution in [0.25, 0.3) is 0 Å². The fourth-order valence-corrected chi connectivity index (χ4v) is 5.79. The number of phenols is 1. The molecular weight excluding hydrogens is 432 g/mol. The highest BCUT2D eigenvalue weighted by molar-refractivity contribution is 5.78. The predicted molar refractivity (Wildman–Crippen MR) is 129 cm³/mol. The zero-order valence-electron chi connectivity index (χ0n) is 19.8. The summed E-state index contributed by atoms with van der Waals surface area (Å²) in [5.41, 5.74) is 1.59. The van der Waals surface area contributed by atoms with Gasteiger partial charge in [0.2, 0.25) is 12.7 Å². The molecule has 1 amide bonds. The third-order valence-corrected chi connectivity index (χ3v) is 7.60. The van der Waals surface area contributed by atoms with Gasteiger partial charge in [-0.2, -0.15) is 0 Å². The number of phenolic OH excluding ortho intramolecular Hbond substituents is 1. The van der Waals surface area contributed by atoms with Crippen molar-refractivity contribution in [3.63, 3.8) is 0 Å². The van der Waals surface area contributed by atoms with Gasteiger partial charge in [-0.1, -0.05) is 18.6 Å². The minimum atomic E-state index is -0.321. The van der Waals surface area contributed by atoms with Crippen molar-refractivity contribution in [1.29, 1.82) is 0 Å². The molecule has 3 heterocycles. The molecule has 7 nitrogen and oxygen atoms in total. The van der Waals surface area contributed by atoms with Gasteiger partial charge >= 0.3 is 0 Å². The Morgan fingerprint density at radius 2 is 1.88 bits per heavy atom. The van der Waals surface area contributed by atoms with Gasteiger partial charge in [-0.3, -0.25) is 4.79 Å². The van der Waals surface area contributed by atoms with E-state index in [9.17, 15) is 9.90 Å². The lowest BCUT2D eigenvalue weighted by Crippen LogP contribution is -2.51. The van der Waals surface area contributed by atoms with E-state index in [1.807, 2.05) is 24.3 Å². The van der Waals surface area contributed by atoms with Crippen molar-refractivity contribution in [2.24, 2.45) is 5.92 Å². The molecule has 0 spiro atoms. The zero-order valence-corrected chi connectivity index (χ0v) is 19.8. The van der Waals surface area contributed by atoms with E-state index in [1.54, 1.807) is 19.2 Å². The van der Waals surface area contributed by atoms with Gasteiger partial charge in [-0.05, 0) is 68.5 Å². The molecule has 3 atom stereocenters. The van der Waals surface area contributed by atoms with Crippen molar-refractivity contribution in [1.82, 2.24) is 10.2 Å². The third kappa shape index (κ3) is 4.80. The molecule has 2 aromatic rings. The number of hydrogen-bond donors (Lipinski definition) is 2. The number of nitrogens with zero attached hydrogens (tertiary/aromatic N) is 1. The van der Waals surface area contributed by atoms with E-state index in [4.69, 9.17) is 14.2 Å². The zero-order chi connectivity index (χ0) is 23.5. The second kappa shape index (κ2) is 10.1. The number of carbonyl (C=O) groups excluding carboxylic acids is 1. The highest BCUT2D eigenvalue weighted by atomic mass is 16.7. The molecule has 2 N–H and O–H groups in total. The highest BCUT2D eigenvalue weighted by Crippen LogP contribution is 2.43. The van der Waals surface area contributed by atoms with Crippen LogP contribution in [0.3, 0.4) is 0 Å². The summed E-state index contributed by atoms with van der Waals surface area (Å²) in [7, 11) is 1.63. The summed E-state index contributed by atoms with van der Waals surface area (Å²) in [6.45, 7) is 3.23. The molecule has 2 saturated heterocycles. The number of aromatic hydroxyl groups is 1. The van der Waals surface area contributed by atoms with Crippen molar-refractivity contribution >= 4 is 5.91 Å². The van der Waals surface area contributed by atoms with Gasteiger partial charge in [-0.15, -0.1) is 0 Å². The smallest absolute Gasteiger partial charge is 0.231 e. The first kappa shape index (κ1) is 22.8. The fraction of sp³-hybridized carbons (Fsp3) is 0.519. The minimum absolute atomic E-state index is 0.00850. The Balaban J connectivity index is 1.33. The Morgan fingerprint density at radius 1 is 1.12 bits per heavy atom. The summed E-state index contributed by atoms with van der Waals surface area (Å²) in [6, 6.07) is 11.6. The summed E-state index contributed by atoms with van der Waals surface area (Å²) >= 11 is 0. The maximum atomic E-state index is 13.2. The highest BCUT2D eigenvalue weighted by Gasteiger charge is 2.33. The summed E-state index contributed by atoms with van der Waals surface area (Å²) in [5.74, 6) is 2.14. The van der Waals surface area contributed by atoms with Crippen molar-refractivity contribution in [3.05, 3.63) is 47.5 Å². The fourth-order valence-electron chi connectivity index (χ4n) is 5.79. The van der Waals surface area contributed by atoms with Gasteiger partial charge in [0.15, 0.2) is 11.5 Å². The molecule has 2 fully saturated rings. The quantitative estimate of drug-likeness (QED) is 0.641. The summed E-state index contributed by atoms with van der Waals surface area (Å²) < 4.78 is 16.2. The maximum Gasteiger partial charge on any atom is 0.231 e. The Kier molecular flexibility index (Phi) is 6.81. The van der Waals surface area contributed by atoms with Gasteiger partial charge in [-0.25, -0.2) is 0 Å². The second-order valence-electron chi connectivity index (χ2n) is 9.60. The molecule has 0 bridgehead atoms. The molecule has 0 aromatic heterocycles. The maximum absolute atomic E-state index is 13.2. The molecule has 3 aliphatic heterocycles. The van der Waals surface area contributed by atoms with Crippen LogP contribution in [-0.2, 0) is 4.79 Å². The van der Waals surface area contributed by atoms with E-state index in [0.29, 0.717) is 35.6 Å². The van der Waals surface area contributed by atoms with Crippen LogP contribution in [0.5, 0.6) is 23.0 Å². The first-order valence-electron chi connectivity index (χ1n) is 12.4. The number of methoxy groups -OCH3 is 1. The second-order valence-corrected chi connectivity index (χ2v) is 9.60. The number of rotatable bonds is 7. The molecule has 2 aromatic carbocycles. The summed E-state index contributed by atoms with van der Waals surface area (Å²) in [6.07, 6.45) is 6.43. The number of nitrogens with one attached hydrogen (secondary N) is 1. The Bertz CT molecular complexity index is 1010. The summed E-state index contributed by atoms with van der Waals surface area (Å²) in [5, 5.41) is 14.0. The van der Waals surface area contributed by atoms with Crippen LogP contribution in [0.15, 0.2) is 36.4 Å². The van der Waals surface area contributed by atoms with E-state index in [1.165, 1.54) is 45.2 Å². The number of carbonyl (C=O) groups is 1. The van der Waals surface area contributed by atoms with Crippen molar-refractivity contribution < 1.29 is 24.1 Å². The molecule has 0 aliphatic carbocycles. The molecule has 0 saturated carbocycles. The number of ether oxygens (including phenoxy) is 3. The van der Waals surface area contributed by atoms with Crippen LogP contribution < -0.4 is 19.5 Å². The molecule has 1 unspecified atom stereocenters. The van der Waals surface area contributed by atoms with Crippen LogP contribution in [0.4, 0.5) is 0 Å². The monoisotopic (exact) mass is 466 g/mol. The van der Waals surface area contributed by atoms with E-state index in [0.717, 1.165) is 11.3 Å². The van der Waals surface area contributed by atoms with E-state index < -0.39 is 0 Å². The molecular formula is C27H34N2O5. The van der Waals surface area contributed by atoms with Crippen molar-refractivity contribution in [3.8, 4) is 23.0 Å². The summed E-state index contributed by atoms with van der Waals surface area (Å²) in [4.78, 5) is 15.8. The van der Waals surface area contributed by atoms with Gasteiger partial charge in [0.1, 0.15) is 11.5 Å². The van der Waals surface area contributed by atoms with Crippen LogP contribution in [0, 0.1) is 5.92 Å². The lowest BCUT2D eigenvalue weighted by Gasteiger charge is -2.44. The first-order valence-corrected chi connectivity index (χ1v) is 12.4. The van der Waals surface area contributed by atoms with E-state index in [2.05, 4.69) is 10.2 Å².